The molecule has 5 nitrogen and oxygen atoms in total. The topological polar surface area (TPSA) is 79.5 Å². The number of rotatable bonds is 6. The van der Waals surface area contributed by atoms with Gasteiger partial charge in [0, 0.05) is 9.37 Å². The van der Waals surface area contributed by atoms with Crippen molar-refractivity contribution in [1.82, 2.24) is 5.32 Å². The number of aryl methyl sites for hydroxylation is 2. The zero-order valence-electron chi connectivity index (χ0n) is 12.7. The van der Waals surface area contributed by atoms with E-state index in [1.54, 1.807) is 6.92 Å². The fraction of sp³-hybridized carbons (Fsp3) is 0.250. The van der Waals surface area contributed by atoms with Gasteiger partial charge in [-0.2, -0.15) is 0 Å². The number of aromatic carboxylic acids is 1. The highest BCUT2D eigenvalue weighted by molar-refractivity contribution is 9.10. The third kappa shape index (κ3) is 4.87. The summed E-state index contributed by atoms with van der Waals surface area (Å²) in [6, 6.07) is 7.34. The molecule has 0 atom stereocenters. The second-order valence-electron chi connectivity index (χ2n) is 4.96. The van der Waals surface area contributed by atoms with Crippen LogP contribution >= 0.6 is 27.7 Å². The number of benzene rings is 1. The monoisotopic (exact) mass is 397 g/mol. The maximum Gasteiger partial charge on any atom is 0.339 e. The molecule has 0 aliphatic heterocycles. The average molecular weight is 398 g/mol. The standard InChI is InChI=1S/C16H16BrNO4S/c1-9-5-11(17)3-4-14(9)23-8-15(19)18-7-12-6-13(16(20)21)10(2)22-12/h3-6H,7-8H2,1-2H3,(H,18,19)(H,20,21). The summed E-state index contributed by atoms with van der Waals surface area (Å²) < 4.78 is 6.32. The fourth-order valence-electron chi connectivity index (χ4n) is 2.00. The minimum Gasteiger partial charge on any atom is -0.478 e. The van der Waals surface area contributed by atoms with E-state index in [2.05, 4.69) is 21.2 Å². The summed E-state index contributed by atoms with van der Waals surface area (Å²) in [4.78, 5) is 23.9. The van der Waals surface area contributed by atoms with Crippen LogP contribution in [0.5, 0.6) is 0 Å². The predicted molar refractivity (Wildman–Crippen MR) is 91.9 cm³/mol. The van der Waals surface area contributed by atoms with Crippen molar-refractivity contribution in [2.45, 2.75) is 25.3 Å². The number of hydrogen-bond acceptors (Lipinski definition) is 4. The molecule has 122 valence electrons. The van der Waals surface area contributed by atoms with Crippen LogP contribution in [0.15, 0.2) is 38.1 Å². The number of thioether (sulfide) groups is 1. The SMILES string of the molecule is Cc1cc(Br)ccc1SCC(=O)NCc1cc(C(=O)O)c(C)o1. The minimum absolute atomic E-state index is 0.120. The van der Waals surface area contributed by atoms with Gasteiger partial charge in [0.05, 0.1) is 12.3 Å². The van der Waals surface area contributed by atoms with Gasteiger partial charge >= 0.3 is 5.97 Å². The van der Waals surface area contributed by atoms with Gasteiger partial charge in [-0.3, -0.25) is 4.79 Å². The molecular formula is C16H16BrNO4S. The molecule has 0 radical (unpaired) electrons. The Morgan fingerprint density at radius 3 is 2.65 bits per heavy atom. The highest BCUT2D eigenvalue weighted by atomic mass is 79.9. The number of nitrogens with one attached hydrogen (secondary N) is 1. The summed E-state index contributed by atoms with van der Waals surface area (Å²) in [6.45, 7) is 3.75. The second kappa shape index (κ2) is 7.70. The molecule has 0 fully saturated rings. The Labute approximate surface area is 146 Å². The summed E-state index contributed by atoms with van der Waals surface area (Å²) in [5.74, 6) is -0.124. The molecule has 0 saturated heterocycles. The van der Waals surface area contributed by atoms with Gasteiger partial charge in [-0.25, -0.2) is 4.79 Å². The summed E-state index contributed by atoms with van der Waals surface area (Å²) in [7, 11) is 0. The summed E-state index contributed by atoms with van der Waals surface area (Å²) >= 11 is 4.86. The highest BCUT2D eigenvalue weighted by Gasteiger charge is 2.14. The van der Waals surface area contributed by atoms with E-state index in [9.17, 15) is 9.59 Å². The Morgan fingerprint density at radius 2 is 2.04 bits per heavy atom. The second-order valence-corrected chi connectivity index (χ2v) is 6.90. The van der Waals surface area contributed by atoms with Crippen LogP contribution < -0.4 is 5.32 Å². The van der Waals surface area contributed by atoms with Crippen molar-refractivity contribution in [2.75, 3.05) is 5.75 Å². The van der Waals surface area contributed by atoms with Gasteiger partial charge in [0.15, 0.2) is 0 Å². The van der Waals surface area contributed by atoms with E-state index in [-0.39, 0.29) is 23.8 Å². The van der Waals surface area contributed by atoms with Crippen LogP contribution in [0, 0.1) is 13.8 Å². The van der Waals surface area contributed by atoms with E-state index < -0.39 is 5.97 Å². The molecule has 2 N–H and O–H groups in total. The van der Waals surface area contributed by atoms with E-state index in [1.165, 1.54) is 17.8 Å². The van der Waals surface area contributed by atoms with Gasteiger partial charge in [-0.05, 0) is 43.7 Å². The first-order valence-electron chi connectivity index (χ1n) is 6.85. The first kappa shape index (κ1) is 17.6. The maximum atomic E-state index is 11.9. The molecule has 23 heavy (non-hydrogen) atoms. The van der Waals surface area contributed by atoms with Crippen LogP contribution in [0.3, 0.4) is 0 Å². The number of carboxylic acid groups (broad SMARTS) is 1. The lowest BCUT2D eigenvalue weighted by Crippen LogP contribution is -2.24. The number of carboxylic acids is 1. The molecular weight excluding hydrogens is 382 g/mol. The number of hydrogen-bond donors (Lipinski definition) is 2. The Bertz CT molecular complexity index is 742. The van der Waals surface area contributed by atoms with Gasteiger partial charge in [0.1, 0.15) is 17.1 Å². The van der Waals surface area contributed by atoms with Crippen molar-refractivity contribution in [1.29, 1.82) is 0 Å². The van der Waals surface area contributed by atoms with E-state index in [4.69, 9.17) is 9.52 Å². The number of carbonyl (C=O) groups excluding carboxylic acids is 1. The maximum absolute atomic E-state index is 11.9. The Balaban J connectivity index is 1.85. The van der Waals surface area contributed by atoms with E-state index in [1.807, 2.05) is 25.1 Å². The third-order valence-electron chi connectivity index (χ3n) is 3.15. The molecule has 7 heteroatoms. The lowest BCUT2D eigenvalue weighted by atomic mass is 10.2. The summed E-state index contributed by atoms with van der Waals surface area (Å²) in [6.07, 6.45) is 0. The van der Waals surface area contributed by atoms with Crippen molar-refractivity contribution >= 4 is 39.6 Å². The van der Waals surface area contributed by atoms with Crippen molar-refractivity contribution < 1.29 is 19.1 Å². The highest BCUT2D eigenvalue weighted by Crippen LogP contribution is 2.25. The zero-order valence-corrected chi connectivity index (χ0v) is 15.1. The molecule has 1 amide bonds. The molecule has 0 spiro atoms. The fourth-order valence-corrected chi connectivity index (χ4v) is 3.31. The third-order valence-corrected chi connectivity index (χ3v) is 4.82. The summed E-state index contributed by atoms with van der Waals surface area (Å²) in [5.41, 5.74) is 1.22. The van der Waals surface area contributed by atoms with Gasteiger partial charge in [-0.15, -0.1) is 11.8 Å². The molecule has 0 saturated carbocycles. The molecule has 0 unspecified atom stereocenters. The minimum atomic E-state index is -1.04. The van der Waals surface area contributed by atoms with Gasteiger partial charge in [0.25, 0.3) is 0 Å². The zero-order chi connectivity index (χ0) is 17.0. The Morgan fingerprint density at radius 1 is 1.30 bits per heavy atom. The van der Waals surface area contributed by atoms with E-state index in [0.717, 1.165) is 14.9 Å². The van der Waals surface area contributed by atoms with Crippen LogP contribution in [0.1, 0.15) is 27.4 Å². The molecule has 0 bridgehead atoms. The average Bonchev–Trinajstić information content (AvgIpc) is 2.85. The Hall–Kier alpha value is -1.73. The number of amides is 1. The first-order chi connectivity index (χ1) is 10.9. The van der Waals surface area contributed by atoms with Crippen molar-refractivity contribution in [3.8, 4) is 0 Å². The van der Waals surface area contributed by atoms with Gasteiger partial charge in [-0.1, -0.05) is 15.9 Å². The number of furan rings is 1. The predicted octanol–water partition coefficient (Wildman–Crippen LogP) is 3.77. The van der Waals surface area contributed by atoms with Crippen molar-refractivity contribution in [3.63, 3.8) is 0 Å². The molecule has 0 aliphatic rings. The van der Waals surface area contributed by atoms with E-state index >= 15 is 0 Å². The normalized spacial score (nSPS) is 10.6. The quantitative estimate of drug-likeness (QED) is 0.725. The van der Waals surface area contributed by atoms with Gasteiger partial charge < -0.3 is 14.8 Å². The van der Waals surface area contributed by atoms with E-state index in [0.29, 0.717) is 11.5 Å². The molecule has 1 aromatic heterocycles. The molecule has 2 rings (SSSR count). The van der Waals surface area contributed by atoms with Crippen LogP contribution in [0.2, 0.25) is 0 Å². The molecule has 2 aromatic rings. The van der Waals surface area contributed by atoms with Gasteiger partial charge in [0.2, 0.25) is 5.91 Å². The van der Waals surface area contributed by atoms with Crippen LogP contribution in [-0.2, 0) is 11.3 Å². The largest absolute Gasteiger partial charge is 0.478 e. The summed E-state index contributed by atoms with van der Waals surface area (Å²) in [5, 5.41) is 11.7. The van der Waals surface area contributed by atoms with Crippen LogP contribution in [-0.4, -0.2) is 22.7 Å². The lowest BCUT2D eigenvalue weighted by molar-refractivity contribution is -0.118. The van der Waals surface area contributed by atoms with Crippen molar-refractivity contribution in [3.05, 3.63) is 51.4 Å². The van der Waals surface area contributed by atoms with Crippen molar-refractivity contribution in [2.24, 2.45) is 0 Å². The first-order valence-corrected chi connectivity index (χ1v) is 8.63. The van der Waals surface area contributed by atoms with Crippen LogP contribution in [0.25, 0.3) is 0 Å². The molecule has 0 aliphatic carbocycles. The van der Waals surface area contributed by atoms with Crippen LogP contribution in [0.4, 0.5) is 0 Å². The molecule has 1 heterocycles. The lowest BCUT2D eigenvalue weighted by Gasteiger charge is -2.06. The number of halogens is 1. The Kier molecular flexibility index (Phi) is 5.90. The smallest absolute Gasteiger partial charge is 0.339 e. The molecule has 1 aromatic carbocycles. The number of carbonyl (C=O) groups is 2.